The number of methoxy groups -OCH3 is 1. The first kappa shape index (κ1) is 20.2. The fraction of sp³-hybridized carbons (Fsp3) is 0.409. The van der Waals surface area contributed by atoms with E-state index in [1.165, 1.54) is 7.11 Å². The molecule has 0 spiro atoms. The minimum atomic E-state index is -1.85. The normalized spacial score (nSPS) is 30.3. The summed E-state index contributed by atoms with van der Waals surface area (Å²) in [5.41, 5.74) is 0.483. The van der Waals surface area contributed by atoms with Gasteiger partial charge in [-0.2, -0.15) is 0 Å². The highest BCUT2D eigenvalue weighted by atomic mass is 35.5. The predicted molar refractivity (Wildman–Crippen MR) is 106 cm³/mol. The molecule has 0 saturated carbocycles. The van der Waals surface area contributed by atoms with E-state index in [9.17, 15) is 4.79 Å². The zero-order chi connectivity index (χ0) is 20.9. The van der Waals surface area contributed by atoms with Crippen LogP contribution in [-0.4, -0.2) is 37.4 Å². The zero-order valence-electron chi connectivity index (χ0n) is 16.7. The molecule has 0 aromatic heterocycles. The molecule has 2 aliphatic heterocycles. The topological polar surface area (TPSA) is 63.2 Å². The number of ether oxygens (including phenoxy) is 5. The van der Waals surface area contributed by atoms with Gasteiger partial charge in [-0.25, -0.2) is 4.79 Å². The molecule has 2 aromatic rings. The Morgan fingerprint density at radius 2 is 1.86 bits per heavy atom. The Bertz CT molecular complexity index is 930. The second-order valence-electron chi connectivity index (χ2n) is 7.72. The van der Waals surface area contributed by atoms with Crippen molar-refractivity contribution in [1.29, 1.82) is 0 Å². The van der Waals surface area contributed by atoms with Crippen molar-refractivity contribution in [1.82, 2.24) is 0 Å². The molecule has 1 fully saturated rings. The molecule has 3 unspecified atom stereocenters. The summed E-state index contributed by atoms with van der Waals surface area (Å²) >= 11 is 6.27. The molecule has 0 aliphatic carbocycles. The molecule has 7 heteroatoms. The van der Waals surface area contributed by atoms with Gasteiger partial charge in [0.25, 0.3) is 0 Å². The van der Waals surface area contributed by atoms with E-state index in [1.54, 1.807) is 32.0 Å². The largest absolute Gasteiger partial charge is 0.464 e. The van der Waals surface area contributed by atoms with E-state index in [0.29, 0.717) is 16.3 Å². The SMILES string of the molecule is COC(=O)C1(C2COC(C)(C)O2)Oc2ccc(Cl)cc2C(C)(c2ccccc2)O1. The minimum absolute atomic E-state index is 0.107. The molecule has 0 radical (unpaired) electrons. The van der Waals surface area contributed by atoms with Gasteiger partial charge in [-0.15, -0.1) is 0 Å². The summed E-state index contributed by atoms with van der Waals surface area (Å²) in [6, 6.07) is 14.8. The maximum absolute atomic E-state index is 13.0. The van der Waals surface area contributed by atoms with Crippen LogP contribution in [0.25, 0.3) is 0 Å². The molecule has 1 saturated heterocycles. The van der Waals surface area contributed by atoms with Crippen LogP contribution in [0.4, 0.5) is 0 Å². The van der Waals surface area contributed by atoms with Crippen LogP contribution < -0.4 is 4.74 Å². The lowest BCUT2D eigenvalue weighted by atomic mass is 9.85. The van der Waals surface area contributed by atoms with Gasteiger partial charge in [0.05, 0.1) is 13.7 Å². The number of esters is 1. The Labute approximate surface area is 174 Å². The van der Waals surface area contributed by atoms with E-state index in [2.05, 4.69) is 0 Å². The minimum Gasteiger partial charge on any atom is -0.464 e. The first-order valence-corrected chi connectivity index (χ1v) is 9.73. The molecule has 2 aliphatic rings. The lowest BCUT2D eigenvalue weighted by Crippen LogP contribution is -2.63. The van der Waals surface area contributed by atoms with Gasteiger partial charge in [-0.1, -0.05) is 41.9 Å². The van der Waals surface area contributed by atoms with Crippen LogP contribution in [-0.2, 0) is 29.3 Å². The highest BCUT2D eigenvalue weighted by Gasteiger charge is 2.63. The van der Waals surface area contributed by atoms with Crippen LogP contribution in [0, 0.1) is 0 Å². The average Bonchev–Trinajstić information content (AvgIpc) is 3.08. The molecule has 4 rings (SSSR count). The summed E-state index contributed by atoms with van der Waals surface area (Å²) in [4.78, 5) is 13.0. The number of carbonyl (C=O) groups excluding carboxylic acids is 1. The van der Waals surface area contributed by atoms with Crippen LogP contribution >= 0.6 is 11.6 Å². The number of carbonyl (C=O) groups is 1. The van der Waals surface area contributed by atoms with Crippen molar-refractivity contribution in [2.75, 3.05) is 13.7 Å². The zero-order valence-corrected chi connectivity index (χ0v) is 17.5. The summed E-state index contributed by atoms with van der Waals surface area (Å²) in [6.07, 6.45) is -0.836. The first-order chi connectivity index (χ1) is 13.7. The van der Waals surface area contributed by atoms with E-state index < -0.39 is 29.2 Å². The molecule has 0 amide bonds. The maximum Gasteiger partial charge on any atom is 0.382 e. The smallest absolute Gasteiger partial charge is 0.382 e. The quantitative estimate of drug-likeness (QED) is 0.701. The number of rotatable bonds is 3. The summed E-state index contributed by atoms with van der Waals surface area (Å²) in [5.74, 6) is -2.98. The molecular weight excluding hydrogens is 396 g/mol. The van der Waals surface area contributed by atoms with Gasteiger partial charge in [-0.3, -0.25) is 0 Å². The van der Waals surface area contributed by atoms with Gasteiger partial charge in [0.1, 0.15) is 11.4 Å². The number of benzene rings is 2. The van der Waals surface area contributed by atoms with E-state index >= 15 is 0 Å². The van der Waals surface area contributed by atoms with Crippen molar-refractivity contribution in [3.63, 3.8) is 0 Å². The van der Waals surface area contributed by atoms with Crippen LogP contribution in [0.1, 0.15) is 31.9 Å². The Hall–Kier alpha value is -2.12. The van der Waals surface area contributed by atoms with E-state index in [1.807, 2.05) is 37.3 Å². The number of hydrogen-bond donors (Lipinski definition) is 0. The molecule has 154 valence electrons. The van der Waals surface area contributed by atoms with Crippen LogP contribution in [0.3, 0.4) is 0 Å². The molecule has 2 heterocycles. The van der Waals surface area contributed by atoms with Crippen LogP contribution in [0.5, 0.6) is 5.75 Å². The lowest BCUT2D eigenvalue weighted by molar-refractivity contribution is -0.298. The highest BCUT2D eigenvalue weighted by Crippen LogP contribution is 2.50. The lowest BCUT2D eigenvalue weighted by Gasteiger charge is -2.47. The van der Waals surface area contributed by atoms with Crippen LogP contribution in [0.2, 0.25) is 5.02 Å². The number of halogens is 1. The third kappa shape index (κ3) is 3.30. The van der Waals surface area contributed by atoms with Gasteiger partial charge >= 0.3 is 11.8 Å². The van der Waals surface area contributed by atoms with Gasteiger partial charge in [0.2, 0.25) is 0 Å². The van der Waals surface area contributed by atoms with E-state index in [-0.39, 0.29) is 6.61 Å². The summed E-state index contributed by atoms with van der Waals surface area (Å²) in [6.45, 7) is 5.52. The van der Waals surface area contributed by atoms with Crippen molar-refractivity contribution >= 4 is 17.6 Å². The Morgan fingerprint density at radius 1 is 1.14 bits per heavy atom. The number of fused-ring (bicyclic) bond motifs is 1. The van der Waals surface area contributed by atoms with Crippen molar-refractivity contribution in [3.05, 3.63) is 64.7 Å². The van der Waals surface area contributed by atoms with Crippen molar-refractivity contribution in [2.45, 2.75) is 44.1 Å². The molecule has 29 heavy (non-hydrogen) atoms. The fourth-order valence-electron chi connectivity index (χ4n) is 3.84. The highest BCUT2D eigenvalue weighted by molar-refractivity contribution is 6.30. The third-order valence-electron chi connectivity index (χ3n) is 5.30. The summed E-state index contributed by atoms with van der Waals surface area (Å²) < 4.78 is 29.4. The standard InChI is InChI=1S/C22H23ClO6/c1-20(2)26-13-18(28-20)22(19(24)25-4)27-17-11-10-15(23)12-16(17)21(3,29-22)14-8-6-5-7-9-14/h5-12,18H,13H2,1-4H3. The molecule has 0 N–H and O–H groups in total. The van der Waals surface area contributed by atoms with Crippen LogP contribution in [0.15, 0.2) is 48.5 Å². The third-order valence-corrected chi connectivity index (χ3v) is 5.53. The van der Waals surface area contributed by atoms with Crippen molar-refractivity contribution in [3.8, 4) is 5.75 Å². The van der Waals surface area contributed by atoms with Gasteiger partial charge in [0, 0.05) is 10.6 Å². The summed E-state index contributed by atoms with van der Waals surface area (Å²) in [7, 11) is 1.29. The van der Waals surface area contributed by atoms with E-state index in [4.69, 9.17) is 35.3 Å². The maximum atomic E-state index is 13.0. The Morgan fingerprint density at radius 3 is 2.48 bits per heavy atom. The molecule has 0 bridgehead atoms. The second-order valence-corrected chi connectivity index (χ2v) is 8.16. The number of hydrogen-bond acceptors (Lipinski definition) is 6. The van der Waals surface area contributed by atoms with Crippen molar-refractivity contribution < 1.29 is 28.5 Å². The second kappa shape index (κ2) is 6.99. The fourth-order valence-corrected chi connectivity index (χ4v) is 4.01. The summed E-state index contributed by atoms with van der Waals surface area (Å²) in [5, 5.41) is 0.533. The molecule has 6 nitrogen and oxygen atoms in total. The molecule has 3 atom stereocenters. The van der Waals surface area contributed by atoms with Gasteiger partial charge in [-0.05, 0) is 44.5 Å². The monoisotopic (exact) mass is 418 g/mol. The Balaban J connectivity index is 1.91. The predicted octanol–water partition coefficient (Wildman–Crippen LogP) is 4.03. The van der Waals surface area contributed by atoms with E-state index in [0.717, 1.165) is 5.56 Å². The van der Waals surface area contributed by atoms with Crippen molar-refractivity contribution in [2.24, 2.45) is 0 Å². The molecular formula is C22H23ClO6. The Kier molecular flexibility index (Phi) is 4.86. The first-order valence-electron chi connectivity index (χ1n) is 9.35. The van der Waals surface area contributed by atoms with Gasteiger partial charge < -0.3 is 23.7 Å². The van der Waals surface area contributed by atoms with Gasteiger partial charge in [0.15, 0.2) is 11.9 Å². The average molecular weight is 419 g/mol. The molecule has 2 aromatic carbocycles.